The van der Waals surface area contributed by atoms with E-state index in [1.54, 1.807) is 18.2 Å². The van der Waals surface area contributed by atoms with E-state index in [1.807, 2.05) is 30.3 Å². The zero-order chi connectivity index (χ0) is 20.0. The maximum absolute atomic E-state index is 13.7. The average Bonchev–Trinajstić information content (AvgIpc) is 2.69. The molecule has 0 fully saturated rings. The van der Waals surface area contributed by atoms with Gasteiger partial charge in [-0.25, -0.2) is 18.2 Å². The van der Waals surface area contributed by atoms with Gasteiger partial charge in [-0.1, -0.05) is 36.4 Å². The lowest BCUT2D eigenvalue weighted by Crippen LogP contribution is -2.36. The number of pyridine rings is 1. The van der Waals surface area contributed by atoms with Gasteiger partial charge in [0.05, 0.1) is 24.3 Å². The minimum Gasteiger partial charge on any atom is -0.439 e. The van der Waals surface area contributed by atoms with Crippen molar-refractivity contribution < 1.29 is 22.6 Å². The zero-order valence-electron chi connectivity index (χ0n) is 15.3. The molecule has 2 aromatic carbocycles. The largest absolute Gasteiger partial charge is 0.439 e. The van der Waals surface area contributed by atoms with Gasteiger partial charge in [-0.2, -0.15) is 0 Å². The highest BCUT2D eigenvalue weighted by Crippen LogP contribution is 2.31. The summed E-state index contributed by atoms with van der Waals surface area (Å²) < 4.78 is 51.7. The lowest BCUT2D eigenvalue weighted by Gasteiger charge is -2.29. The minimum atomic E-state index is -2.67. The second-order valence-electron chi connectivity index (χ2n) is 6.60. The van der Waals surface area contributed by atoms with Crippen LogP contribution in [0.5, 0.6) is 11.6 Å². The van der Waals surface area contributed by atoms with E-state index in [-0.39, 0.29) is 13.2 Å². The normalized spacial score (nSPS) is 13.3. The molecular formula is C22H20F3NO2. The first-order chi connectivity index (χ1) is 13.5. The molecule has 3 aromatic rings. The van der Waals surface area contributed by atoms with E-state index < -0.39 is 17.7 Å². The van der Waals surface area contributed by atoms with Gasteiger partial charge in [0.1, 0.15) is 11.6 Å². The van der Waals surface area contributed by atoms with Crippen LogP contribution in [0.15, 0.2) is 72.8 Å². The number of benzene rings is 2. The lowest BCUT2D eigenvalue weighted by molar-refractivity contribution is -0.0135. The van der Waals surface area contributed by atoms with Crippen molar-refractivity contribution in [3.05, 3.63) is 89.9 Å². The molecule has 0 saturated heterocycles. The molecule has 0 bridgehead atoms. The Bertz CT molecular complexity index is 888. The highest BCUT2D eigenvalue weighted by molar-refractivity contribution is 5.28. The molecule has 1 unspecified atom stereocenters. The van der Waals surface area contributed by atoms with Crippen molar-refractivity contribution in [1.29, 1.82) is 0 Å². The summed E-state index contributed by atoms with van der Waals surface area (Å²) in [6, 6.07) is 19.4. The number of nitrogens with zero attached hydrogens (tertiary/aromatic N) is 1. The Balaban J connectivity index is 1.64. The van der Waals surface area contributed by atoms with Gasteiger partial charge in [0.15, 0.2) is 0 Å². The van der Waals surface area contributed by atoms with Gasteiger partial charge in [-0.3, -0.25) is 0 Å². The Labute approximate surface area is 161 Å². The summed E-state index contributed by atoms with van der Waals surface area (Å²) in [5, 5.41) is 0. The molecule has 146 valence electrons. The first-order valence-electron chi connectivity index (χ1n) is 8.78. The van der Waals surface area contributed by atoms with Crippen LogP contribution < -0.4 is 4.74 Å². The van der Waals surface area contributed by atoms with Gasteiger partial charge in [0, 0.05) is 6.07 Å². The van der Waals surface area contributed by atoms with Crippen molar-refractivity contribution in [2.75, 3.05) is 6.61 Å². The van der Waals surface area contributed by atoms with Gasteiger partial charge < -0.3 is 9.47 Å². The van der Waals surface area contributed by atoms with Crippen molar-refractivity contribution in [2.24, 2.45) is 0 Å². The number of aromatic nitrogens is 1. The molecule has 0 radical (unpaired) electrons. The van der Waals surface area contributed by atoms with E-state index >= 15 is 0 Å². The summed E-state index contributed by atoms with van der Waals surface area (Å²) in [5.41, 5.74) is -0.673. The maximum Gasteiger partial charge on any atom is 0.250 e. The van der Waals surface area contributed by atoms with Gasteiger partial charge in [0.25, 0.3) is 0 Å². The van der Waals surface area contributed by atoms with Crippen molar-refractivity contribution in [1.82, 2.24) is 4.98 Å². The van der Waals surface area contributed by atoms with E-state index in [1.165, 1.54) is 31.2 Å². The van der Waals surface area contributed by atoms with Crippen LogP contribution >= 0.6 is 0 Å². The molecule has 1 aromatic heterocycles. The first kappa shape index (κ1) is 19.9. The predicted molar refractivity (Wildman–Crippen MR) is 100 cm³/mol. The molecule has 1 heterocycles. The van der Waals surface area contributed by atoms with Crippen molar-refractivity contribution in [3.8, 4) is 11.6 Å². The quantitative estimate of drug-likeness (QED) is 0.493. The molecule has 6 heteroatoms. The van der Waals surface area contributed by atoms with E-state index in [0.717, 1.165) is 0 Å². The minimum absolute atomic E-state index is 0.0511. The molecule has 0 aliphatic heterocycles. The smallest absolute Gasteiger partial charge is 0.250 e. The number of rotatable bonds is 8. The lowest BCUT2D eigenvalue weighted by atomic mass is 9.83. The van der Waals surface area contributed by atoms with Crippen LogP contribution in [-0.4, -0.2) is 18.0 Å². The van der Waals surface area contributed by atoms with Gasteiger partial charge >= 0.3 is 0 Å². The fourth-order valence-corrected chi connectivity index (χ4v) is 2.67. The number of hydrogen-bond donors (Lipinski definition) is 0. The van der Waals surface area contributed by atoms with Crippen LogP contribution in [0.4, 0.5) is 13.2 Å². The standard InChI is InChI=1S/C22H20F3NO2/c1-22(21(24)25,16-10-12-17(23)13-11-16)15-27-14-18-6-5-9-20(26-18)28-19-7-3-2-4-8-19/h2-13,21H,14-15H2,1H3. The number of para-hydroxylation sites is 1. The molecule has 28 heavy (non-hydrogen) atoms. The third kappa shape index (κ3) is 4.89. The maximum atomic E-state index is 13.7. The summed E-state index contributed by atoms with van der Waals surface area (Å²) in [6.07, 6.45) is -2.67. The SMILES string of the molecule is CC(COCc1cccc(Oc2ccccc2)n1)(c1ccc(F)cc1)C(F)F. The number of ether oxygens (including phenoxy) is 2. The van der Waals surface area contributed by atoms with Gasteiger partial charge in [-0.15, -0.1) is 0 Å². The molecule has 0 saturated carbocycles. The Morgan fingerprint density at radius 1 is 0.929 bits per heavy atom. The number of alkyl halides is 2. The van der Waals surface area contributed by atoms with Crippen LogP contribution in [0.3, 0.4) is 0 Å². The number of hydrogen-bond acceptors (Lipinski definition) is 3. The molecule has 0 amide bonds. The molecule has 1 atom stereocenters. The van der Waals surface area contributed by atoms with Crippen LogP contribution in [0.2, 0.25) is 0 Å². The first-order valence-corrected chi connectivity index (χ1v) is 8.78. The fourth-order valence-electron chi connectivity index (χ4n) is 2.67. The van der Waals surface area contributed by atoms with Gasteiger partial charge in [-0.05, 0) is 42.8 Å². The summed E-state index contributed by atoms with van der Waals surface area (Å²) >= 11 is 0. The molecule has 0 N–H and O–H groups in total. The third-order valence-corrected chi connectivity index (χ3v) is 4.38. The van der Waals surface area contributed by atoms with E-state index in [9.17, 15) is 13.2 Å². The molecular weight excluding hydrogens is 367 g/mol. The second-order valence-corrected chi connectivity index (χ2v) is 6.60. The summed E-state index contributed by atoms with van der Waals surface area (Å²) in [4.78, 5) is 4.33. The Kier molecular flexibility index (Phi) is 6.31. The monoisotopic (exact) mass is 387 g/mol. The fraction of sp³-hybridized carbons (Fsp3) is 0.227. The topological polar surface area (TPSA) is 31.4 Å². The van der Waals surface area contributed by atoms with E-state index in [4.69, 9.17) is 9.47 Å². The van der Waals surface area contributed by atoms with Crippen LogP contribution in [0, 0.1) is 5.82 Å². The summed E-state index contributed by atoms with van der Waals surface area (Å²) in [6.45, 7) is 1.21. The summed E-state index contributed by atoms with van der Waals surface area (Å²) in [5.74, 6) is 0.567. The molecule has 3 nitrogen and oxygen atoms in total. The zero-order valence-corrected chi connectivity index (χ0v) is 15.3. The van der Waals surface area contributed by atoms with Crippen molar-refractivity contribution >= 4 is 0 Å². The Morgan fingerprint density at radius 3 is 2.32 bits per heavy atom. The van der Waals surface area contributed by atoms with Crippen LogP contribution in [0.25, 0.3) is 0 Å². The highest BCUT2D eigenvalue weighted by atomic mass is 19.3. The number of halogens is 3. The molecule has 0 aliphatic carbocycles. The van der Waals surface area contributed by atoms with Crippen molar-refractivity contribution in [3.63, 3.8) is 0 Å². The van der Waals surface area contributed by atoms with E-state index in [2.05, 4.69) is 4.98 Å². The Hall–Kier alpha value is -2.86. The third-order valence-electron chi connectivity index (χ3n) is 4.38. The second kappa shape index (κ2) is 8.89. The van der Waals surface area contributed by atoms with Crippen LogP contribution in [0.1, 0.15) is 18.2 Å². The van der Waals surface area contributed by atoms with Gasteiger partial charge in [0.2, 0.25) is 12.3 Å². The summed E-state index contributed by atoms with van der Waals surface area (Å²) in [7, 11) is 0. The van der Waals surface area contributed by atoms with Crippen LogP contribution in [-0.2, 0) is 16.8 Å². The highest BCUT2D eigenvalue weighted by Gasteiger charge is 2.37. The molecule has 0 spiro atoms. The van der Waals surface area contributed by atoms with Crippen molar-refractivity contribution in [2.45, 2.75) is 25.4 Å². The predicted octanol–water partition coefficient (Wildman–Crippen LogP) is 5.75. The molecule has 3 rings (SSSR count). The van der Waals surface area contributed by atoms with E-state index in [0.29, 0.717) is 22.9 Å². The molecule has 0 aliphatic rings. The average molecular weight is 387 g/mol. The Morgan fingerprint density at radius 2 is 1.64 bits per heavy atom.